The minimum Gasteiger partial charge on any atom is -0.378 e. The predicted octanol–water partition coefficient (Wildman–Crippen LogP) is 4.33. The Bertz CT molecular complexity index is 290. The van der Waals surface area contributed by atoms with Crippen LogP contribution in [-0.4, -0.2) is 18.5 Å². The van der Waals surface area contributed by atoms with Crippen molar-refractivity contribution in [1.29, 1.82) is 0 Å². The Kier molecular flexibility index (Phi) is 5.93. The van der Waals surface area contributed by atoms with E-state index in [4.69, 9.17) is 4.74 Å². The molecule has 0 bridgehead atoms. The lowest BCUT2D eigenvalue weighted by molar-refractivity contribution is 0.0920. The van der Waals surface area contributed by atoms with Crippen LogP contribution in [0.15, 0.2) is 29.2 Å². The Morgan fingerprint density at radius 3 is 2.19 bits per heavy atom. The van der Waals surface area contributed by atoms with Crippen molar-refractivity contribution >= 4 is 11.8 Å². The highest BCUT2D eigenvalue weighted by Crippen LogP contribution is 2.21. The van der Waals surface area contributed by atoms with Crippen LogP contribution in [0.3, 0.4) is 0 Å². The highest BCUT2D eigenvalue weighted by Gasteiger charge is 1.99. The lowest BCUT2D eigenvalue weighted by atomic mass is 10.0. The molecule has 1 nitrogen and oxygen atoms in total. The minimum atomic E-state index is 0.337. The molecule has 0 fully saturated rings. The van der Waals surface area contributed by atoms with Gasteiger partial charge >= 0.3 is 0 Å². The van der Waals surface area contributed by atoms with E-state index in [1.807, 2.05) is 11.8 Å². The van der Waals surface area contributed by atoms with E-state index in [0.717, 1.165) is 12.4 Å². The Labute approximate surface area is 104 Å². The van der Waals surface area contributed by atoms with Crippen molar-refractivity contribution < 1.29 is 4.74 Å². The number of rotatable bonds is 6. The van der Waals surface area contributed by atoms with E-state index in [9.17, 15) is 0 Å². The van der Waals surface area contributed by atoms with Crippen LogP contribution in [0, 0.1) is 0 Å². The van der Waals surface area contributed by atoms with Gasteiger partial charge in [-0.25, -0.2) is 0 Å². The first kappa shape index (κ1) is 13.6. The van der Waals surface area contributed by atoms with E-state index in [1.54, 1.807) is 0 Å². The summed E-state index contributed by atoms with van der Waals surface area (Å²) in [7, 11) is 0. The van der Waals surface area contributed by atoms with Crippen LogP contribution in [0.25, 0.3) is 0 Å². The van der Waals surface area contributed by atoms with E-state index in [2.05, 4.69) is 52.0 Å². The molecule has 0 aromatic heterocycles. The molecular formula is C14H22OS. The summed E-state index contributed by atoms with van der Waals surface area (Å²) >= 11 is 1.86. The summed E-state index contributed by atoms with van der Waals surface area (Å²) in [4.78, 5) is 1.33. The number of ether oxygens (including phenoxy) is 1. The SMILES string of the molecule is CC(C)OCCSc1ccc(C(C)C)cc1. The molecule has 1 aromatic rings. The van der Waals surface area contributed by atoms with Gasteiger partial charge in [0, 0.05) is 10.6 Å². The molecule has 0 aliphatic heterocycles. The van der Waals surface area contributed by atoms with Gasteiger partial charge in [0.2, 0.25) is 0 Å². The van der Waals surface area contributed by atoms with Crippen LogP contribution in [0.2, 0.25) is 0 Å². The van der Waals surface area contributed by atoms with Gasteiger partial charge < -0.3 is 4.74 Å². The summed E-state index contributed by atoms with van der Waals surface area (Å²) in [6.45, 7) is 9.41. The Morgan fingerprint density at radius 1 is 1.06 bits per heavy atom. The molecule has 90 valence electrons. The monoisotopic (exact) mass is 238 g/mol. The molecule has 0 radical (unpaired) electrons. The van der Waals surface area contributed by atoms with Crippen LogP contribution in [0.4, 0.5) is 0 Å². The number of thioether (sulfide) groups is 1. The fraction of sp³-hybridized carbons (Fsp3) is 0.571. The molecule has 1 aromatic carbocycles. The van der Waals surface area contributed by atoms with Crippen molar-refractivity contribution in [3.8, 4) is 0 Å². The van der Waals surface area contributed by atoms with Crippen molar-refractivity contribution in [3.63, 3.8) is 0 Å². The van der Waals surface area contributed by atoms with Gasteiger partial charge in [0.15, 0.2) is 0 Å². The molecule has 0 spiro atoms. The zero-order valence-corrected chi connectivity index (χ0v) is 11.5. The largest absolute Gasteiger partial charge is 0.378 e. The van der Waals surface area contributed by atoms with E-state index < -0.39 is 0 Å². The molecule has 0 aliphatic carbocycles. The number of hydrogen-bond donors (Lipinski definition) is 0. The zero-order valence-electron chi connectivity index (χ0n) is 10.7. The maximum Gasteiger partial charge on any atom is 0.0563 e. The molecular weight excluding hydrogens is 216 g/mol. The molecule has 0 atom stereocenters. The quantitative estimate of drug-likeness (QED) is 0.539. The summed E-state index contributed by atoms with van der Waals surface area (Å²) in [5.74, 6) is 1.64. The minimum absolute atomic E-state index is 0.337. The lowest BCUT2D eigenvalue weighted by Gasteiger charge is -2.08. The van der Waals surface area contributed by atoms with Crippen LogP contribution in [-0.2, 0) is 4.74 Å². The molecule has 1 rings (SSSR count). The molecule has 0 N–H and O–H groups in total. The van der Waals surface area contributed by atoms with Crippen molar-refractivity contribution in [3.05, 3.63) is 29.8 Å². The van der Waals surface area contributed by atoms with Crippen molar-refractivity contribution in [2.75, 3.05) is 12.4 Å². The van der Waals surface area contributed by atoms with Gasteiger partial charge in [-0.3, -0.25) is 0 Å². The average molecular weight is 238 g/mol. The second-order valence-corrected chi connectivity index (χ2v) is 5.66. The van der Waals surface area contributed by atoms with Crippen molar-refractivity contribution in [1.82, 2.24) is 0 Å². The third-order valence-corrected chi connectivity index (χ3v) is 3.33. The first-order valence-electron chi connectivity index (χ1n) is 5.94. The molecule has 0 aliphatic rings. The van der Waals surface area contributed by atoms with Crippen LogP contribution >= 0.6 is 11.8 Å². The van der Waals surface area contributed by atoms with Crippen LogP contribution in [0.5, 0.6) is 0 Å². The van der Waals surface area contributed by atoms with Gasteiger partial charge in [-0.2, -0.15) is 0 Å². The Balaban J connectivity index is 2.32. The Morgan fingerprint density at radius 2 is 1.69 bits per heavy atom. The third kappa shape index (κ3) is 5.04. The predicted molar refractivity (Wildman–Crippen MR) is 72.3 cm³/mol. The summed E-state index contributed by atoms with van der Waals surface area (Å²) in [6.07, 6.45) is 0.337. The molecule has 0 saturated heterocycles. The molecule has 0 amide bonds. The normalized spacial score (nSPS) is 11.4. The van der Waals surface area contributed by atoms with Crippen molar-refractivity contribution in [2.24, 2.45) is 0 Å². The maximum absolute atomic E-state index is 5.50. The summed E-state index contributed by atoms with van der Waals surface area (Å²) in [5, 5.41) is 0. The van der Waals surface area contributed by atoms with Gasteiger partial charge in [0.25, 0.3) is 0 Å². The molecule has 16 heavy (non-hydrogen) atoms. The van der Waals surface area contributed by atoms with Gasteiger partial charge in [0.05, 0.1) is 12.7 Å². The maximum atomic E-state index is 5.50. The third-order valence-electron chi connectivity index (χ3n) is 2.35. The summed E-state index contributed by atoms with van der Waals surface area (Å²) in [5.41, 5.74) is 1.41. The van der Waals surface area contributed by atoms with Gasteiger partial charge in [-0.05, 0) is 37.5 Å². The number of benzene rings is 1. The second-order valence-electron chi connectivity index (χ2n) is 4.49. The lowest BCUT2D eigenvalue weighted by Crippen LogP contribution is -2.05. The topological polar surface area (TPSA) is 9.23 Å². The molecule has 0 saturated carbocycles. The first-order valence-corrected chi connectivity index (χ1v) is 6.92. The first-order chi connectivity index (χ1) is 7.59. The van der Waals surface area contributed by atoms with E-state index in [-0.39, 0.29) is 0 Å². The highest BCUT2D eigenvalue weighted by atomic mass is 32.2. The van der Waals surface area contributed by atoms with Crippen molar-refractivity contribution in [2.45, 2.75) is 44.6 Å². The van der Waals surface area contributed by atoms with E-state index in [1.165, 1.54) is 10.5 Å². The fourth-order valence-electron chi connectivity index (χ4n) is 1.39. The standard InChI is InChI=1S/C14H22OS/c1-11(2)13-5-7-14(8-6-13)16-10-9-15-12(3)4/h5-8,11-12H,9-10H2,1-4H3. The molecule has 0 heterocycles. The second kappa shape index (κ2) is 6.97. The van der Waals surface area contributed by atoms with Gasteiger partial charge in [-0.1, -0.05) is 26.0 Å². The van der Waals surface area contributed by atoms with Crippen LogP contribution < -0.4 is 0 Å². The smallest absolute Gasteiger partial charge is 0.0563 e. The Hall–Kier alpha value is -0.470. The average Bonchev–Trinajstić information content (AvgIpc) is 2.25. The van der Waals surface area contributed by atoms with E-state index in [0.29, 0.717) is 12.0 Å². The fourth-order valence-corrected chi connectivity index (χ4v) is 2.14. The van der Waals surface area contributed by atoms with Crippen LogP contribution in [0.1, 0.15) is 39.2 Å². The van der Waals surface area contributed by atoms with E-state index >= 15 is 0 Å². The number of hydrogen-bond acceptors (Lipinski definition) is 2. The molecule has 0 unspecified atom stereocenters. The summed E-state index contributed by atoms with van der Waals surface area (Å²) < 4.78 is 5.50. The van der Waals surface area contributed by atoms with Gasteiger partial charge in [-0.15, -0.1) is 11.8 Å². The molecule has 2 heteroatoms. The highest BCUT2D eigenvalue weighted by molar-refractivity contribution is 7.99. The summed E-state index contributed by atoms with van der Waals surface area (Å²) in [6, 6.07) is 8.84. The zero-order chi connectivity index (χ0) is 12.0. The van der Waals surface area contributed by atoms with Gasteiger partial charge in [0.1, 0.15) is 0 Å².